The number of aromatic hydroxyl groups is 2. The third-order valence-electron chi connectivity index (χ3n) is 7.47. The minimum atomic E-state index is -1.85. The van der Waals surface area contributed by atoms with E-state index in [4.69, 9.17) is 4.98 Å². The average Bonchev–Trinajstić information content (AvgIpc) is 3.75. The van der Waals surface area contributed by atoms with E-state index in [1.54, 1.807) is 18.3 Å². The molecule has 5 rings (SSSR count). The second-order valence-corrected chi connectivity index (χ2v) is 10.8. The number of amides is 1. The largest absolute Gasteiger partial charge is 0.507 e. The first-order chi connectivity index (χ1) is 22.6. The molecular weight excluding hydrogens is 608 g/mol. The Balaban J connectivity index is 1.56. The zero-order valence-electron chi connectivity index (χ0n) is 25.7. The summed E-state index contributed by atoms with van der Waals surface area (Å²) in [5.41, 5.74) is 2.00. The number of rotatable bonds is 13. The van der Waals surface area contributed by atoms with Gasteiger partial charge in [-0.3, -0.25) is 4.79 Å². The first-order valence-electron chi connectivity index (χ1n) is 15.0. The first kappa shape index (κ1) is 32.7. The molecule has 0 atom stereocenters. The van der Waals surface area contributed by atoms with Crippen LogP contribution in [-0.2, 0) is 0 Å². The van der Waals surface area contributed by atoms with Gasteiger partial charge in [0.15, 0.2) is 6.29 Å². The normalized spacial score (nSPS) is 11.3. The van der Waals surface area contributed by atoms with Crippen LogP contribution in [0.3, 0.4) is 0 Å². The number of aromatic nitrogens is 7. The van der Waals surface area contributed by atoms with Gasteiger partial charge in [-0.2, -0.15) is 0 Å². The fourth-order valence-corrected chi connectivity index (χ4v) is 4.86. The molecule has 0 aliphatic rings. The van der Waals surface area contributed by atoms with Gasteiger partial charge in [-0.1, -0.05) is 37.1 Å². The van der Waals surface area contributed by atoms with Crippen LogP contribution < -0.4 is 0 Å². The Labute approximate surface area is 269 Å². The Hall–Kier alpha value is -5.67. The van der Waals surface area contributed by atoms with Gasteiger partial charge < -0.3 is 30.4 Å². The molecule has 3 heterocycles. The Morgan fingerprint density at radius 2 is 1.30 bits per heavy atom. The van der Waals surface area contributed by atoms with Crippen LogP contribution in [0.15, 0.2) is 60.9 Å². The van der Waals surface area contributed by atoms with Crippen molar-refractivity contribution in [1.82, 2.24) is 39.9 Å². The number of phenols is 2. The lowest BCUT2D eigenvalue weighted by atomic mass is 10.1. The van der Waals surface area contributed by atoms with E-state index < -0.39 is 18.0 Å². The number of hydrogen-bond acceptors (Lipinski definition) is 11. The molecule has 0 unspecified atom stereocenters. The second kappa shape index (κ2) is 14.2. The second-order valence-electron chi connectivity index (χ2n) is 10.8. The molecule has 0 radical (unpaired) electrons. The molecule has 0 spiro atoms. The van der Waals surface area contributed by atoms with Gasteiger partial charge in [0.05, 0.1) is 35.2 Å². The summed E-state index contributed by atoms with van der Waals surface area (Å²) in [5, 5.41) is 65.2. The molecule has 244 valence electrons. The van der Waals surface area contributed by atoms with Gasteiger partial charge in [0.1, 0.15) is 28.5 Å². The van der Waals surface area contributed by atoms with Crippen molar-refractivity contribution in [2.24, 2.45) is 0 Å². The third kappa shape index (κ3) is 7.26. The fraction of sp³-hybridized carbons (Fsp3) is 0.281. The SMILES string of the molecule is CCCCN(CCCC)C(=O)c1cc(-c2cn(-c3ccc(C(=O)O)c(O)c3)nn2)nc(-c2cn(-c3ccc(C(O)O)c(O)c3)nn2)c1. The lowest BCUT2D eigenvalue weighted by Gasteiger charge is -2.23. The molecule has 15 nitrogen and oxygen atoms in total. The summed E-state index contributed by atoms with van der Waals surface area (Å²) in [5.74, 6) is -2.23. The topological polar surface area (TPSA) is 213 Å². The van der Waals surface area contributed by atoms with E-state index in [2.05, 4.69) is 34.5 Å². The van der Waals surface area contributed by atoms with Gasteiger partial charge in [0.2, 0.25) is 0 Å². The maximum Gasteiger partial charge on any atom is 0.339 e. The monoisotopic (exact) mass is 642 g/mol. The fourth-order valence-electron chi connectivity index (χ4n) is 4.86. The summed E-state index contributed by atoms with van der Waals surface area (Å²) in [6, 6.07) is 11.4. The van der Waals surface area contributed by atoms with Gasteiger partial charge in [-0.15, -0.1) is 10.2 Å². The number of aliphatic hydroxyl groups excluding tert-OH is 1. The van der Waals surface area contributed by atoms with Crippen molar-refractivity contribution >= 4 is 11.9 Å². The van der Waals surface area contributed by atoms with Crippen LogP contribution in [0.25, 0.3) is 34.2 Å². The highest BCUT2D eigenvalue weighted by Crippen LogP contribution is 2.28. The highest BCUT2D eigenvalue weighted by atomic mass is 16.5. The van der Waals surface area contributed by atoms with Gasteiger partial charge in [-0.05, 0) is 49.2 Å². The van der Waals surface area contributed by atoms with Crippen molar-refractivity contribution in [1.29, 1.82) is 0 Å². The Bertz CT molecular complexity index is 1890. The summed E-state index contributed by atoms with van der Waals surface area (Å²) in [7, 11) is 0. The Morgan fingerprint density at radius 1 is 0.766 bits per heavy atom. The van der Waals surface area contributed by atoms with Gasteiger partial charge in [0.25, 0.3) is 5.91 Å². The van der Waals surface area contributed by atoms with Crippen LogP contribution in [0.4, 0.5) is 0 Å². The van der Waals surface area contributed by atoms with Crippen LogP contribution in [0.1, 0.15) is 72.1 Å². The summed E-state index contributed by atoms with van der Waals surface area (Å²) < 4.78 is 2.72. The van der Waals surface area contributed by atoms with Crippen LogP contribution in [-0.4, -0.2) is 90.4 Å². The predicted octanol–water partition coefficient (Wildman–Crippen LogP) is 3.71. The molecule has 2 aromatic carbocycles. The van der Waals surface area contributed by atoms with Gasteiger partial charge in [-0.25, -0.2) is 19.1 Å². The van der Waals surface area contributed by atoms with Gasteiger partial charge >= 0.3 is 5.97 Å². The number of nitrogens with zero attached hydrogens (tertiary/aromatic N) is 8. The number of pyridine rings is 1. The lowest BCUT2D eigenvalue weighted by molar-refractivity contribution is -0.0438. The summed E-state index contributed by atoms with van der Waals surface area (Å²) in [6.45, 7) is 5.30. The molecule has 0 saturated heterocycles. The van der Waals surface area contributed by atoms with Crippen LogP contribution in [0.5, 0.6) is 11.5 Å². The molecule has 0 saturated carbocycles. The number of aliphatic hydroxyl groups is 2. The zero-order chi connectivity index (χ0) is 33.7. The first-order valence-corrected chi connectivity index (χ1v) is 15.0. The standard InChI is InChI=1S/C32H34N8O7/c1-3-5-11-38(12-6-4-2)30(43)19-13-24(26-17-39(36-34-26)20-7-9-22(31(44)45)28(41)15-20)33-25(14-19)27-18-40(37-35-27)21-8-10-23(32(46)47)29(42)16-21/h7-10,13-18,31,41-42,44-45H,3-6,11-12H2,1-2H3,(H,46,47). The number of carbonyl (C=O) groups is 2. The number of carbonyl (C=O) groups excluding carboxylic acids is 1. The number of aromatic carboxylic acids is 1. The van der Waals surface area contributed by atoms with Crippen molar-refractivity contribution in [2.45, 2.75) is 45.8 Å². The molecule has 47 heavy (non-hydrogen) atoms. The summed E-state index contributed by atoms with van der Waals surface area (Å²) in [6.07, 6.45) is 4.78. The number of hydrogen-bond donors (Lipinski definition) is 5. The predicted molar refractivity (Wildman–Crippen MR) is 168 cm³/mol. The van der Waals surface area contributed by atoms with Crippen molar-refractivity contribution < 1.29 is 35.1 Å². The van der Waals surface area contributed by atoms with E-state index >= 15 is 0 Å². The molecule has 15 heteroatoms. The lowest BCUT2D eigenvalue weighted by Crippen LogP contribution is -2.33. The smallest absolute Gasteiger partial charge is 0.339 e. The number of carboxylic acids is 1. The molecule has 1 amide bonds. The molecule has 5 aromatic rings. The molecular formula is C32H34N8O7. The zero-order valence-corrected chi connectivity index (χ0v) is 25.7. The van der Waals surface area contributed by atoms with E-state index in [1.165, 1.54) is 52.0 Å². The van der Waals surface area contributed by atoms with Crippen molar-refractivity contribution in [3.8, 4) is 45.6 Å². The molecule has 0 aliphatic heterocycles. The maximum atomic E-state index is 13.9. The summed E-state index contributed by atoms with van der Waals surface area (Å²) >= 11 is 0. The minimum absolute atomic E-state index is 0.0663. The number of phenolic OH excluding ortho intramolecular Hbond substituents is 1. The Morgan fingerprint density at radius 3 is 1.77 bits per heavy atom. The maximum absolute atomic E-state index is 13.9. The highest BCUT2D eigenvalue weighted by molar-refractivity contribution is 5.96. The third-order valence-corrected chi connectivity index (χ3v) is 7.47. The summed E-state index contributed by atoms with van der Waals surface area (Å²) in [4.78, 5) is 31.8. The van der Waals surface area contributed by atoms with E-state index in [9.17, 15) is 35.1 Å². The van der Waals surface area contributed by atoms with Crippen LogP contribution in [0.2, 0.25) is 0 Å². The molecule has 0 bridgehead atoms. The minimum Gasteiger partial charge on any atom is -0.507 e. The van der Waals surface area contributed by atoms with Crippen LogP contribution in [0, 0.1) is 0 Å². The van der Waals surface area contributed by atoms with Crippen LogP contribution >= 0.6 is 0 Å². The van der Waals surface area contributed by atoms with Crippen molar-refractivity contribution in [2.75, 3.05) is 13.1 Å². The van der Waals surface area contributed by atoms with E-state index in [0.29, 0.717) is 52.8 Å². The molecule has 0 aliphatic carbocycles. The quantitative estimate of drug-likeness (QED) is 0.116. The molecule has 5 N–H and O–H groups in total. The molecule has 0 fully saturated rings. The average molecular weight is 643 g/mol. The molecule has 3 aromatic heterocycles. The Kier molecular flexibility index (Phi) is 9.87. The number of benzene rings is 2. The van der Waals surface area contributed by atoms with Crippen molar-refractivity contribution in [3.63, 3.8) is 0 Å². The van der Waals surface area contributed by atoms with E-state index in [-0.39, 0.29) is 22.8 Å². The van der Waals surface area contributed by atoms with E-state index in [0.717, 1.165) is 25.7 Å². The highest BCUT2D eigenvalue weighted by Gasteiger charge is 2.21. The number of carboxylic acid groups (broad SMARTS) is 1. The van der Waals surface area contributed by atoms with Gasteiger partial charge in [0, 0.05) is 36.3 Å². The van der Waals surface area contributed by atoms with E-state index in [1.807, 2.05) is 4.90 Å². The number of unbranched alkanes of at least 4 members (excludes halogenated alkanes) is 2. The van der Waals surface area contributed by atoms with Crippen molar-refractivity contribution in [3.05, 3.63) is 77.6 Å².